The summed E-state index contributed by atoms with van der Waals surface area (Å²) in [5, 5.41) is 2.67. The molecular weight excluding hydrogens is 342 g/mol. The standard InChI is InChI=1S/C17H16F2N6O/c18-10-3-4-24(7-10)17(26)22-12-1-2-14(19)13(5-12)15-9-25-8-11(20)6-21-16(25)23-15/h1-2,5-6,8-10H,3-4,7,20H2,(H,22,26)/t10-/m1/s1. The van der Waals surface area contributed by atoms with Gasteiger partial charge in [-0.3, -0.25) is 4.40 Å². The molecule has 0 bridgehead atoms. The molecule has 0 radical (unpaired) electrons. The van der Waals surface area contributed by atoms with Crippen molar-refractivity contribution < 1.29 is 13.6 Å². The van der Waals surface area contributed by atoms with Crippen molar-refractivity contribution >= 4 is 23.2 Å². The molecule has 1 aliphatic rings. The molecule has 26 heavy (non-hydrogen) atoms. The largest absolute Gasteiger partial charge is 0.396 e. The number of benzene rings is 1. The number of nitrogens with two attached hydrogens (primary N) is 1. The zero-order valence-corrected chi connectivity index (χ0v) is 13.7. The van der Waals surface area contributed by atoms with E-state index in [-0.39, 0.29) is 12.1 Å². The van der Waals surface area contributed by atoms with E-state index < -0.39 is 18.0 Å². The van der Waals surface area contributed by atoms with Crippen LogP contribution in [0.1, 0.15) is 6.42 Å². The molecule has 2 aromatic heterocycles. The van der Waals surface area contributed by atoms with Crippen LogP contribution in [-0.2, 0) is 0 Å². The first kappa shape index (κ1) is 16.2. The van der Waals surface area contributed by atoms with Crippen molar-refractivity contribution in [3.63, 3.8) is 0 Å². The van der Waals surface area contributed by atoms with Gasteiger partial charge in [-0.15, -0.1) is 0 Å². The Morgan fingerprint density at radius 1 is 1.35 bits per heavy atom. The number of fused-ring (bicyclic) bond motifs is 1. The maximum atomic E-state index is 14.3. The van der Waals surface area contributed by atoms with Gasteiger partial charge in [0.05, 0.1) is 24.1 Å². The second kappa shape index (κ2) is 6.25. The molecule has 3 N–H and O–H groups in total. The number of nitrogen functional groups attached to an aromatic ring is 1. The van der Waals surface area contributed by atoms with Gasteiger partial charge in [-0.2, -0.15) is 0 Å². The van der Waals surface area contributed by atoms with Crippen LogP contribution in [0.15, 0.2) is 36.8 Å². The van der Waals surface area contributed by atoms with Gasteiger partial charge in [0.25, 0.3) is 0 Å². The zero-order valence-electron chi connectivity index (χ0n) is 13.7. The van der Waals surface area contributed by atoms with Gasteiger partial charge >= 0.3 is 6.03 Å². The third kappa shape index (κ3) is 3.03. The molecule has 0 aliphatic carbocycles. The van der Waals surface area contributed by atoms with Crippen LogP contribution in [-0.4, -0.2) is 44.6 Å². The number of imidazole rings is 1. The highest BCUT2D eigenvalue weighted by molar-refractivity contribution is 5.90. The minimum absolute atomic E-state index is 0.0689. The summed E-state index contributed by atoms with van der Waals surface area (Å²) in [6.45, 7) is 0.431. The van der Waals surface area contributed by atoms with E-state index in [2.05, 4.69) is 15.3 Å². The predicted molar refractivity (Wildman–Crippen MR) is 92.9 cm³/mol. The van der Waals surface area contributed by atoms with Crippen LogP contribution in [0, 0.1) is 5.82 Å². The van der Waals surface area contributed by atoms with Crippen molar-refractivity contribution in [1.82, 2.24) is 19.3 Å². The molecule has 3 heterocycles. The van der Waals surface area contributed by atoms with E-state index in [0.29, 0.717) is 35.8 Å². The number of nitrogens with zero attached hydrogens (tertiary/aromatic N) is 4. The van der Waals surface area contributed by atoms with E-state index in [4.69, 9.17) is 5.73 Å². The molecule has 0 spiro atoms. The number of amides is 2. The number of carbonyl (C=O) groups is 1. The number of aromatic nitrogens is 3. The van der Waals surface area contributed by atoms with Crippen LogP contribution in [0.2, 0.25) is 0 Å². The zero-order chi connectivity index (χ0) is 18.3. The summed E-state index contributed by atoms with van der Waals surface area (Å²) >= 11 is 0. The van der Waals surface area contributed by atoms with Crippen LogP contribution in [0.5, 0.6) is 0 Å². The smallest absolute Gasteiger partial charge is 0.321 e. The summed E-state index contributed by atoms with van der Waals surface area (Å²) in [5.41, 5.74) is 7.13. The highest BCUT2D eigenvalue weighted by Crippen LogP contribution is 2.26. The number of carbonyl (C=O) groups excluding carboxylic acids is 1. The Kier molecular flexibility index (Phi) is 3.90. The number of hydrogen-bond acceptors (Lipinski definition) is 4. The Bertz CT molecular complexity index is 989. The molecule has 0 saturated carbocycles. The molecule has 9 heteroatoms. The second-order valence-electron chi connectivity index (χ2n) is 6.18. The van der Waals surface area contributed by atoms with Crippen molar-refractivity contribution in [1.29, 1.82) is 0 Å². The number of likely N-dealkylation sites (tertiary alicyclic amines) is 1. The van der Waals surface area contributed by atoms with Crippen molar-refractivity contribution in [3.05, 3.63) is 42.6 Å². The van der Waals surface area contributed by atoms with Crippen LogP contribution in [0.25, 0.3) is 17.0 Å². The van der Waals surface area contributed by atoms with Gasteiger partial charge in [0.15, 0.2) is 0 Å². The predicted octanol–water partition coefficient (Wildman–Crippen LogP) is 2.69. The SMILES string of the molecule is Nc1cnc2nc(-c3cc(NC(=O)N4CC[C@@H](F)C4)ccc3F)cn2c1. The Morgan fingerprint density at radius 3 is 2.96 bits per heavy atom. The van der Waals surface area contributed by atoms with E-state index in [9.17, 15) is 13.6 Å². The highest BCUT2D eigenvalue weighted by Gasteiger charge is 2.26. The maximum absolute atomic E-state index is 14.3. The molecular formula is C17H16F2N6O. The molecule has 2 amide bonds. The first-order valence-electron chi connectivity index (χ1n) is 8.10. The van der Waals surface area contributed by atoms with Gasteiger partial charge in [0, 0.05) is 30.2 Å². The van der Waals surface area contributed by atoms with Gasteiger partial charge in [-0.05, 0) is 24.6 Å². The third-order valence-corrected chi connectivity index (χ3v) is 4.24. The Labute approximate surface area is 147 Å². The molecule has 1 fully saturated rings. The van der Waals surface area contributed by atoms with Crippen molar-refractivity contribution in [2.45, 2.75) is 12.6 Å². The van der Waals surface area contributed by atoms with Crippen LogP contribution >= 0.6 is 0 Å². The lowest BCUT2D eigenvalue weighted by atomic mass is 10.1. The maximum Gasteiger partial charge on any atom is 0.321 e. The molecule has 1 atom stereocenters. The fourth-order valence-electron chi connectivity index (χ4n) is 2.93. The van der Waals surface area contributed by atoms with Crippen molar-refractivity contribution in [2.75, 3.05) is 24.1 Å². The number of hydrogen-bond donors (Lipinski definition) is 2. The van der Waals surface area contributed by atoms with Crippen LogP contribution in [0.3, 0.4) is 0 Å². The first-order valence-corrected chi connectivity index (χ1v) is 8.10. The Balaban J connectivity index is 1.62. The summed E-state index contributed by atoms with van der Waals surface area (Å²) in [6.07, 6.45) is 4.04. The van der Waals surface area contributed by atoms with Gasteiger partial charge < -0.3 is 16.0 Å². The highest BCUT2D eigenvalue weighted by atomic mass is 19.1. The number of rotatable bonds is 2. The van der Waals surface area contributed by atoms with Gasteiger partial charge in [-0.25, -0.2) is 23.5 Å². The van der Waals surface area contributed by atoms with E-state index >= 15 is 0 Å². The van der Waals surface area contributed by atoms with Crippen molar-refractivity contribution in [3.8, 4) is 11.3 Å². The average molecular weight is 358 g/mol. The average Bonchev–Trinajstić information content (AvgIpc) is 3.22. The van der Waals surface area contributed by atoms with Crippen LogP contribution in [0.4, 0.5) is 25.0 Å². The second-order valence-corrected chi connectivity index (χ2v) is 6.18. The summed E-state index contributed by atoms with van der Waals surface area (Å²) in [4.78, 5) is 21.9. The minimum atomic E-state index is -0.998. The number of urea groups is 1. The van der Waals surface area contributed by atoms with E-state index in [1.54, 1.807) is 16.8 Å². The molecule has 134 valence electrons. The molecule has 3 aromatic rings. The quantitative estimate of drug-likeness (QED) is 0.737. The van der Waals surface area contributed by atoms with Gasteiger partial charge in [0.2, 0.25) is 5.78 Å². The normalized spacial score (nSPS) is 17.0. The monoisotopic (exact) mass is 358 g/mol. The third-order valence-electron chi connectivity index (χ3n) is 4.24. The number of nitrogens with one attached hydrogen (secondary N) is 1. The summed E-state index contributed by atoms with van der Waals surface area (Å²) in [6, 6.07) is 3.78. The molecule has 1 aromatic carbocycles. The Morgan fingerprint density at radius 2 is 2.19 bits per heavy atom. The first-order chi connectivity index (χ1) is 12.5. The van der Waals surface area contributed by atoms with E-state index in [1.807, 2.05) is 0 Å². The Hall–Kier alpha value is -3.23. The summed E-state index contributed by atoms with van der Waals surface area (Å²) in [5.74, 6) is -0.0986. The fourth-order valence-corrected chi connectivity index (χ4v) is 2.93. The number of anilines is 2. The lowest BCUT2D eigenvalue weighted by molar-refractivity contribution is 0.218. The number of halogens is 2. The van der Waals surface area contributed by atoms with Crippen LogP contribution < -0.4 is 11.1 Å². The summed E-state index contributed by atoms with van der Waals surface area (Å²) < 4.78 is 29.1. The topological polar surface area (TPSA) is 88.5 Å². The molecule has 1 aliphatic heterocycles. The van der Waals surface area contributed by atoms with Gasteiger partial charge in [0.1, 0.15) is 12.0 Å². The summed E-state index contributed by atoms with van der Waals surface area (Å²) in [7, 11) is 0. The fraction of sp³-hybridized carbons (Fsp3) is 0.235. The van der Waals surface area contributed by atoms with Gasteiger partial charge in [-0.1, -0.05) is 0 Å². The molecule has 1 saturated heterocycles. The van der Waals surface area contributed by atoms with Crippen molar-refractivity contribution in [2.24, 2.45) is 0 Å². The molecule has 0 unspecified atom stereocenters. The van der Waals surface area contributed by atoms with E-state index in [1.165, 1.54) is 29.3 Å². The molecule has 7 nitrogen and oxygen atoms in total. The molecule has 4 rings (SSSR count). The lowest BCUT2D eigenvalue weighted by Gasteiger charge is -2.16. The lowest BCUT2D eigenvalue weighted by Crippen LogP contribution is -2.33. The number of alkyl halides is 1. The minimum Gasteiger partial charge on any atom is -0.396 e. The van der Waals surface area contributed by atoms with E-state index in [0.717, 1.165) is 0 Å².